The van der Waals surface area contributed by atoms with Gasteiger partial charge in [0.25, 0.3) is 0 Å². The molecule has 0 bridgehead atoms. The predicted octanol–water partition coefficient (Wildman–Crippen LogP) is 14.2. The van der Waals surface area contributed by atoms with Gasteiger partial charge in [-0.05, 0) is 131 Å². The predicted molar refractivity (Wildman–Crippen MR) is 221 cm³/mol. The minimum absolute atomic E-state index is 1.12. The second-order valence-electron chi connectivity index (χ2n) is 13.6. The van der Waals surface area contributed by atoms with Crippen molar-refractivity contribution < 1.29 is 0 Å². The van der Waals surface area contributed by atoms with Crippen LogP contribution in [-0.4, -0.2) is 0 Å². The molecule has 52 heavy (non-hydrogen) atoms. The summed E-state index contributed by atoms with van der Waals surface area (Å²) in [4.78, 5) is 4.71. The third-order valence-electron chi connectivity index (χ3n) is 10.1. The van der Waals surface area contributed by atoms with Gasteiger partial charge in [0.2, 0.25) is 0 Å². The first-order valence-electron chi connectivity index (χ1n) is 17.9. The molecule has 0 saturated heterocycles. The van der Waals surface area contributed by atoms with Gasteiger partial charge in [0.1, 0.15) is 0 Å². The zero-order valence-corrected chi connectivity index (χ0v) is 29.4. The average molecular weight is 667 g/mol. The van der Waals surface area contributed by atoms with Crippen LogP contribution < -0.4 is 9.80 Å². The number of aryl methyl sites for hydroxylation is 2. The normalized spacial score (nSPS) is 11.3. The van der Waals surface area contributed by atoms with Gasteiger partial charge in [-0.3, -0.25) is 0 Å². The Labute approximate surface area is 306 Å². The fourth-order valence-electron chi connectivity index (χ4n) is 7.69. The largest absolute Gasteiger partial charge is 0.310 e. The van der Waals surface area contributed by atoms with E-state index in [9.17, 15) is 0 Å². The summed E-state index contributed by atoms with van der Waals surface area (Å²) < 4.78 is 0. The van der Waals surface area contributed by atoms with E-state index in [-0.39, 0.29) is 0 Å². The van der Waals surface area contributed by atoms with Gasteiger partial charge >= 0.3 is 0 Å². The molecule has 0 atom stereocenters. The van der Waals surface area contributed by atoms with Crippen molar-refractivity contribution in [1.29, 1.82) is 0 Å². The summed E-state index contributed by atoms with van der Waals surface area (Å²) in [6, 6.07) is 70.5. The molecule has 8 aromatic rings. The lowest BCUT2D eigenvalue weighted by atomic mass is 9.79. The van der Waals surface area contributed by atoms with Gasteiger partial charge in [0, 0.05) is 34.1 Å². The Morgan fingerprint density at radius 2 is 0.500 bits per heavy atom. The molecule has 9 rings (SSSR count). The van der Waals surface area contributed by atoms with E-state index in [4.69, 9.17) is 0 Å². The van der Waals surface area contributed by atoms with E-state index in [2.05, 4.69) is 218 Å². The number of benzene rings is 8. The highest BCUT2D eigenvalue weighted by Crippen LogP contribution is 2.51. The van der Waals surface area contributed by atoms with Crippen LogP contribution in [0.25, 0.3) is 44.5 Å². The Morgan fingerprint density at radius 3 is 0.808 bits per heavy atom. The average Bonchev–Trinajstić information content (AvgIpc) is 3.19. The molecule has 248 valence electrons. The van der Waals surface area contributed by atoms with Gasteiger partial charge in [-0.15, -0.1) is 0 Å². The summed E-state index contributed by atoms with van der Waals surface area (Å²) >= 11 is 0. The lowest BCUT2D eigenvalue weighted by Crippen LogP contribution is -2.11. The second-order valence-corrected chi connectivity index (χ2v) is 13.6. The van der Waals surface area contributed by atoms with Crippen molar-refractivity contribution in [3.8, 4) is 44.5 Å². The maximum atomic E-state index is 2.39. The molecular weight excluding hydrogens is 629 g/mol. The number of nitrogens with zero attached hydrogens (tertiary/aromatic N) is 2. The molecule has 0 fully saturated rings. The first-order chi connectivity index (χ1) is 25.6. The van der Waals surface area contributed by atoms with Crippen LogP contribution in [0.1, 0.15) is 11.1 Å². The van der Waals surface area contributed by atoms with Crippen molar-refractivity contribution in [3.05, 3.63) is 205 Å². The summed E-state index contributed by atoms with van der Waals surface area (Å²) in [6.07, 6.45) is 0. The van der Waals surface area contributed by atoms with Crippen LogP contribution in [0, 0.1) is 13.8 Å². The lowest BCUT2D eigenvalue weighted by Gasteiger charge is -2.30. The minimum Gasteiger partial charge on any atom is -0.310 e. The van der Waals surface area contributed by atoms with Crippen molar-refractivity contribution in [3.63, 3.8) is 0 Å². The van der Waals surface area contributed by atoms with Crippen molar-refractivity contribution in [2.24, 2.45) is 0 Å². The molecule has 0 unspecified atom stereocenters. The Kier molecular flexibility index (Phi) is 7.98. The van der Waals surface area contributed by atoms with Gasteiger partial charge in [-0.2, -0.15) is 0 Å². The van der Waals surface area contributed by atoms with E-state index < -0.39 is 0 Å². The van der Waals surface area contributed by atoms with Gasteiger partial charge in [0.05, 0.1) is 0 Å². The van der Waals surface area contributed by atoms with E-state index in [1.807, 2.05) is 0 Å². The van der Waals surface area contributed by atoms with Crippen LogP contribution in [0.15, 0.2) is 194 Å². The van der Waals surface area contributed by atoms with Crippen molar-refractivity contribution in [2.45, 2.75) is 13.8 Å². The van der Waals surface area contributed by atoms with Crippen LogP contribution in [0.4, 0.5) is 34.1 Å². The molecule has 0 spiro atoms. The summed E-state index contributed by atoms with van der Waals surface area (Å²) in [5, 5.41) is 0. The molecule has 2 heteroatoms. The Hall–Kier alpha value is -6.64. The van der Waals surface area contributed by atoms with Crippen LogP contribution in [0.3, 0.4) is 0 Å². The summed E-state index contributed by atoms with van der Waals surface area (Å²) in [5.41, 5.74) is 19.0. The monoisotopic (exact) mass is 666 g/mol. The standard InChI is InChI=1S/C50H38N2/c1-35-23-27-43-44-28-24-36(2)32-48(44)50-34-42(52(39-19-11-5-12-20-39)40-21-13-6-14-22-40)26-30-46(50)45-29-25-41(33-49(45)47(43)31-35)51(37-15-7-3-8-16-37)38-17-9-4-10-18-38/h3-34H,1-2H3. The molecule has 0 saturated carbocycles. The molecule has 0 aliphatic heterocycles. The molecule has 0 N–H and O–H groups in total. The molecule has 1 aliphatic carbocycles. The fourth-order valence-corrected chi connectivity index (χ4v) is 7.69. The number of rotatable bonds is 6. The quantitative estimate of drug-likeness (QED) is 0.174. The lowest BCUT2D eigenvalue weighted by molar-refractivity contribution is 1.28. The number of hydrogen-bond acceptors (Lipinski definition) is 2. The van der Waals surface area contributed by atoms with E-state index in [1.165, 1.54) is 55.6 Å². The maximum absolute atomic E-state index is 2.39. The highest BCUT2D eigenvalue weighted by atomic mass is 15.1. The third kappa shape index (κ3) is 5.65. The molecule has 0 amide bonds. The van der Waals surface area contributed by atoms with Gasteiger partial charge < -0.3 is 9.80 Å². The van der Waals surface area contributed by atoms with Crippen LogP contribution in [0.5, 0.6) is 0 Å². The van der Waals surface area contributed by atoms with Gasteiger partial charge in [-0.1, -0.05) is 132 Å². The van der Waals surface area contributed by atoms with E-state index in [0.717, 1.165) is 34.1 Å². The Balaban J connectivity index is 1.32. The zero-order valence-electron chi connectivity index (χ0n) is 29.4. The fraction of sp³-hybridized carbons (Fsp3) is 0.0400. The Morgan fingerprint density at radius 1 is 0.231 bits per heavy atom. The number of hydrogen-bond donors (Lipinski definition) is 0. The first kappa shape index (κ1) is 31.3. The summed E-state index contributed by atoms with van der Waals surface area (Å²) in [5.74, 6) is 0. The second kappa shape index (κ2) is 13.2. The van der Waals surface area contributed by atoms with E-state index in [0.29, 0.717) is 0 Å². The van der Waals surface area contributed by atoms with Crippen molar-refractivity contribution in [2.75, 3.05) is 9.80 Å². The van der Waals surface area contributed by atoms with Gasteiger partial charge in [-0.25, -0.2) is 0 Å². The molecule has 1 aliphatic rings. The zero-order chi connectivity index (χ0) is 35.0. The smallest absolute Gasteiger partial charge is 0.0468 e. The number of anilines is 6. The van der Waals surface area contributed by atoms with Crippen LogP contribution in [-0.2, 0) is 0 Å². The molecule has 8 aromatic carbocycles. The number of para-hydroxylation sites is 4. The van der Waals surface area contributed by atoms with Gasteiger partial charge in [0.15, 0.2) is 0 Å². The maximum Gasteiger partial charge on any atom is 0.0468 e. The topological polar surface area (TPSA) is 6.48 Å². The molecule has 2 nitrogen and oxygen atoms in total. The van der Waals surface area contributed by atoms with Crippen molar-refractivity contribution in [1.82, 2.24) is 0 Å². The first-order valence-corrected chi connectivity index (χ1v) is 17.9. The van der Waals surface area contributed by atoms with Crippen LogP contribution >= 0.6 is 0 Å². The van der Waals surface area contributed by atoms with E-state index in [1.54, 1.807) is 0 Å². The molecule has 0 radical (unpaired) electrons. The highest BCUT2D eigenvalue weighted by molar-refractivity contribution is 6.05. The molecular formula is C50H38N2. The Bertz CT molecular complexity index is 2260. The summed E-state index contributed by atoms with van der Waals surface area (Å²) in [7, 11) is 0. The van der Waals surface area contributed by atoms with E-state index >= 15 is 0 Å². The third-order valence-corrected chi connectivity index (χ3v) is 10.1. The number of fused-ring (bicyclic) bond motifs is 8. The minimum atomic E-state index is 1.12. The molecule has 0 aromatic heterocycles. The summed E-state index contributed by atoms with van der Waals surface area (Å²) in [6.45, 7) is 4.39. The SMILES string of the molecule is Cc1ccc2c(c1)-c1cc(N(c3ccccc3)c3ccccc3)ccc1-c1ccc(N(c3ccccc3)c3ccccc3)cc1-c1cc(C)ccc1-2. The molecule has 0 heterocycles. The van der Waals surface area contributed by atoms with Crippen molar-refractivity contribution >= 4 is 34.1 Å². The highest BCUT2D eigenvalue weighted by Gasteiger charge is 2.25. The van der Waals surface area contributed by atoms with Crippen LogP contribution in [0.2, 0.25) is 0 Å².